The van der Waals surface area contributed by atoms with Crippen molar-refractivity contribution in [1.82, 2.24) is 10.6 Å². The van der Waals surface area contributed by atoms with Gasteiger partial charge in [0.1, 0.15) is 0 Å². The largest absolute Gasteiger partial charge is 0.375 e. The number of amides is 1. The summed E-state index contributed by atoms with van der Waals surface area (Å²) < 4.78 is 0. The molecule has 4 atom stereocenters. The SMILES string of the molecule is CCC(CC)[C@@](O)(C(=O)NCC1[C@H]2CNC[C@@H]12)c1ccccc1. The summed E-state index contributed by atoms with van der Waals surface area (Å²) in [5.74, 6) is 1.70. The number of piperidine rings is 1. The number of benzene rings is 1. The Morgan fingerprint density at radius 3 is 2.43 bits per heavy atom. The highest BCUT2D eigenvalue weighted by molar-refractivity contribution is 5.86. The lowest BCUT2D eigenvalue weighted by Crippen LogP contribution is -2.50. The molecule has 1 unspecified atom stereocenters. The molecule has 0 aromatic heterocycles. The van der Waals surface area contributed by atoms with Gasteiger partial charge < -0.3 is 15.7 Å². The Hall–Kier alpha value is -1.39. The van der Waals surface area contributed by atoms with Crippen molar-refractivity contribution in [3.8, 4) is 0 Å². The third kappa shape index (κ3) is 2.90. The summed E-state index contributed by atoms with van der Waals surface area (Å²) in [6.07, 6.45) is 1.54. The van der Waals surface area contributed by atoms with Gasteiger partial charge in [-0.1, -0.05) is 44.2 Å². The first-order valence-electron chi connectivity index (χ1n) is 8.89. The maximum Gasteiger partial charge on any atom is 0.256 e. The molecule has 2 fully saturated rings. The van der Waals surface area contributed by atoms with E-state index in [0.29, 0.717) is 29.9 Å². The van der Waals surface area contributed by atoms with E-state index < -0.39 is 5.60 Å². The summed E-state index contributed by atoms with van der Waals surface area (Å²) in [5, 5.41) is 17.7. The van der Waals surface area contributed by atoms with Gasteiger partial charge in [-0.2, -0.15) is 0 Å². The molecule has 1 aliphatic carbocycles. The number of rotatable bonds is 7. The van der Waals surface area contributed by atoms with E-state index in [-0.39, 0.29) is 11.8 Å². The summed E-state index contributed by atoms with van der Waals surface area (Å²) in [6.45, 7) is 6.89. The minimum absolute atomic E-state index is 0.0785. The van der Waals surface area contributed by atoms with E-state index in [0.717, 1.165) is 25.9 Å². The van der Waals surface area contributed by atoms with E-state index in [9.17, 15) is 9.90 Å². The average Bonchev–Trinajstić information content (AvgIpc) is 3.01. The van der Waals surface area contributed by atoms with Crippen LogP contribution in [0.1, 0.15) is 32.3 Å². The fraction of sp³-hybridized carbons (Fsp3) is 0.632. The molecule has 0 spiro atoms. The van der Waals surface area contributed by atoms with E-state index in [4.69, 9.17) is 0 Å². The van der Waals surface area contributed by atoms with Crippen LogP contribution < -0.4 is 10.6 Å². The van der Waals surface area contributed by atoms with Crippen LogP contribution in [0.15, 0.2) is 30.3 Å². The lowest BCUT2D eigenvalue weighted by molar-refractivity contribution is -0.148. The highest BCUT2D eigenvalue weighted by Gasteiger charge is 2.53. The van der Waals surface area contributed by atoms with Crippen LogP contribution in [0, 0.1) is 23.7 Å². The Morgan fingerprint density at radius 2 is 1.87 bits per heavy atom. The smallest absolute Gasteiger partial charge is 0.256 e. The Balaban J connectivity index is 1.73. The third-order valence-electron chi connectivity index (χ3n) is 5.90. The molecule has 1 aromatic rings. The molecule has 23 heavy (non-hydrogen) atoms. The van der Waals surface area contributed by atoms with Crippen molar-refractivity contribution in [3.63, 3.8) is 0 Å². The molecular weight excluding hydrogens is 288 g/mol. The van der Waals surface area contributed by atoms with Crippen molar-refractivity contribution in [2.75, 3.05) is 19.6 Å². The van der Waals surface area contributed by atoms with Crippen LogP contribution in [0.5, 0.6) is 0 Å². The van der Waals surface area contributed by atoms with Crippen molar-refractivity contribution in [2.45, 2.75) is 32.3 Å². The number of nitrogens with one attached hydrogen (secondary N) is 2. The van der Waals surface area contributed by atoms with E-state index in [2.05, 4.69) is 10.6 Å². The molecule has 1 saturated carbocycles. The fourth-order valence-corrected chi connectivity index (χ4v) is 4.32. The minimum Gasteiger partial charge on any atom is -0.375 e. The van der Waals surface area contributed by atoms with E-state index >= 15 is 0 Å². The quantitative estimate of drug-likeness (QED) is 0.720. The van der Waals surface area contributed by atoms with E-state index in [1.54, 1.807) is 0 Å². The van der Waals surface area contributed by atoms with Crippen LogP contribution in [0.3, 0.4) is 0 Å². The molecule has 0 radical (unpaired) electrons. The van der Waals surface area contributed by atoms with Crippen LogP contribution in [0.2, 0.25) is 0 Å². The predicted octanol–water partition coefficient (Wildman–Crippen LogP) is 1.89. The number of hydrogen-bond donors (Lipinski definition) is 3. The average molecular weight is 316 g/mol. The van der Waals surface area contributed by atoms with Crippen LogP contribution in [0.4, 0.5) is 0 Å². The fourth-order valence-electron chi connectivity index (χ4n) is 4.32. The normalized spacial score (nSPS) is 28.3. The zero-order valence-electron chi connectivity index (χ0n) is 14.1. The van der Waals surface area contributed by atoms with Crippen LogP contribution in [-0.2, 0) is 10.4 Å². The molecule has 1 amide bonds. The van der Waals surface area contributed by atoms with Crippen molar-refractivity contribution in [2.24, 2.45) is 23.7 Å². The van der Waals surface area contributed by atoms with Gasteiger partial charge in [-0.15, -0.1) is 0 Å². The zero-order chi connectivity index (χ0) is 16.4. The van der Waals surface area contributed by atoms with Gasteiger partial charge >= 0.3 is 0 Å². The topological polar surface area (TPSA) is 61.4 Å². The number of carbonyl (C=O) groups is 1. The minimum atomic E-state index is -1.44. The summed E-state index contributed by atoms with van der Waals surface area (Å²) >= 11 is 0. The molecule has 4 heteroatoms. The van der Waals surface area contributed by atoms with Crippen LogP contribution in [0.25, 0.3) is 0 Å². The number of aliphatic hydroxyl groups is 1. The van der Waals surface area contributed by atoms with Crippen molar-refractivity contribution >= 4 is 5.91 Å². The maximum atomic E-state index is 12.9. The predicted molar refractivity (Wildman–Crippen MR) is 90.8 cm³/mol. The van der Waals surface area contributed by atoms with Gasteiger partial charge in [0.15, 0.2) is 5.60 Å². The Morgan fingerprint density at radius 1 is 1.26 bits per heavy atom. The first-order valence-corrected chi connectivity index (χ1v) is 8.89. The van der Waals surface area contributed by atoms with Gasteiger partial charge in [0.2, 0.25) is 0 Å². The Labute approximate surface area is 138 Å². The first kappa shape index (κ1) is 16.5. The third-order valence-corrected chi connectivity index (χ3v) is 5.90. The molecule has 3 rings (SSSR count). The Bertz CT molecular complexity index is 534. The zero-order valence-corrected chi connectivity index (χ0v) is 14.1. The highest BCUT2D eigenvalue weighted by atomic mass is 16.3. The van der Waals surface area contributed by atoms with E-state index in [1.807, 2.05) is 44.2 Å². The number of fused-ring (bicyclic) bond motifs is 1. The van der Waals surface area contributed by atoms with Crippen molar-refractivity contribution in [1.29, 1.82) is 0 Å². The van der Waals surface area contributed by atoms with Crippen LogP contribution >= 0.6 is 0 Å². The Kier molecular flexibility index (Phi) is 4.74. The maximum absolute atomic E-state index is 12.9. The second kappa shape index (κ2) is 6.62. The summed E-state index contributed by atoms with van der Waals surface area (Å²) in [5.41, 5.74) is -0.739. The molecule has 1 heterocycles. The number of carbonyl (C=O) groups excluding carboxylic acids is 1. The second-order valence-corrected chi connectivity index (χ2v) is 7.01. The molecule has 1 aliphatic heterocycles. The van der Waals surface area contributed by atoms with Gasteiger partial charge in [-0.3, -0.25) is 4.79 Å². The summed E-state index contributed by atoms with van der Waals surface area (Å²) in [7, 11) is 0. The molecule has 0 bridgehead atoms. The molecule has 1 aromatic carbocycles. The molecule has 2 aliphatic rings. The molecule has 4 nitrogen and oxygen atoms in total. The van der Waals surface area contributed by atoms with Gasteiger partial charge in [0.25, 0.3) is 5.91 Å². The molecular formula is C19H28N2O2. The van der Waals surface area contributed by atoms with Gasteiger partial charge in [0.05, 0.1) is 0 Å². The molecule has 1 saturated heterocycles. The molecule has 126 valence electrons. The van der Waals surface area contributed by atoms with Gasteiger partial charge in [-0.05, 0) is 49.2 Å². The highest BCUT2D eigenvalue weighted by Crippen LogP contribution is 2.48. The van der Waals surface area contributed by atoms with Crippen molar-refractivity contribution < 1.29 is 9.90 Å². The summed E-state index contributed by atoms with van der Waals surface area (Å²) in [6, 6.07) is 9.38. The van der Waals surface area contributed by atoms with Crippen LogP contribution in [-0.4, -0.2) is 30.6 Å². The first-order chi connectivity index (χ1) is 11.1. The van der Waals surface area contributed by atoms with E-state index in [1.165, 1.54) is 0 Å². The molecule has 3 N–H and O–H groups in total. The standard InChI is InChI=1S/C19H28N2O2/c1-3-13(4-2)19(23,14-8-6-5-7-9-14)18(22)21-12-17-15-10-20-11-16(15)17/h5-9,13,15-17,20,23H,3-4,10-12H2,1-2H3,(H,21,22)/t15-,16+,17?,19-/m0/s1. The second-order valence-electron chi connectivity index (χ2n) is 7.01. The monoisotopic (exact) mass is 316 g/mol. The summed E-state index contributed by atoms with van der Waals surface area (Å²) in [4.78, 5) is 12.9. The lowest BCUT2D eigenvalue weighted by atomic mass is 9.77. The van der Waals surface area contributed by atoms with Gasteiger partial charge in [0, 0.05) is 12.5 Å². The lowest BCUT2D eigenvalue weighted by Gasteiger charge is -2.34. The van der Waals surface area contributed by atoms with Gasteiger partial charge in [-0.25, -0.2) is 0 Å². The van der Waals surface area contributed by atoms with Crippen molar-refractivity contribution in [3.05, 3.63) is 35.9 Å². The number of hydrogen-bond acceptors (Lipinski definition) is 3.